The first-order valence-corrected chi connectivity index (χ1v) is 10.9. The van der Waals surface area contributed by atoms with E-state index in [-0.39, 0.29) is 17.5 Å². The fourth-order valence-corrected chi connectivity index (χ4v) is 5.24. The molecular formula is C22H21NO4S2. The minimum atomic E-state index is -0.982. The second-order valence-electron chi connectivity index (χ2n) is 7.38. The lowest BCUT2D eigenvalue weighted by atomic mass is 9.94. The summed E-state index contributed by atoms with van der Waals surface area (Å²) in [4.78, 5) is 26.5. The number of rotatable bonds is 4. The summed E-state index contributed by atoms with van der Waals surface area (Å²) in [5.74, 6) is 0.0854. The predicted molar refractivity (Wildman–Crippen MR) is 118 cm³/mol. The van der Waals surface area contributed by atoms with E-state index in [0.29, 0.717) is 20.7 Å². The minimum absolute atomic E-state index is 0.0473. The van der Waals surface area contributed by atoms with Gasteiger partial charge in [-0.3, -0.25) is 9.69 Å². The van der Waals surface area contributed by atoms with Gasteiger partial charge in [-0.15, -0.1) is 0 Å². The van der Waals surface area contributed by atoms with Gasteiger partial charge < -0.3 is 9.52 Å². The fourth-order valence-electron chi connectivity index (χ4n) is 3.86. The van der Waals surface area contributed by atoms with E-state index in [1.165, 1.54) is 18.2 Å². The zero-order chi connectivity index (χ0) is 20.5. The van der Waals surface area contributed by atoms with E-state index < -0.39 is 5.97 Å². The lowest BCUT2D eigenvalue weighted by molar-refractivity contribution is -0.124. The number of carboxylic acids is 1. The predicted octanol–water partition coefficient (Wildman–Crippen LogP) is 5.49. The average molecular weight is 428 g/mol. The number of aromatic carboxylic acids is 1. The van der Waals surface area contributed by atoms with Gasteiger partial charge in [0.25, 0.3) is 5.91 Å². The molecule has 1 amide bonds. The van der Waals surface area contributed by atoms with Crippen LogP contribution in [0.1, 0.15) is 53.8 Å². The second kappa shape index (κ2) is 8.16. The van der Waals surface area contributed by atoms with Crippen LogP contribution < -0.4 is 0 Å². The molecule has 2 fully saturated rings. The van der Waals surface area contributed by atoms with E-state index in [4.69, 9.17) is 16.6 Å². The summed E-state index contributed by atoms with van der Waals surface area (Å²) in [6, 6.07) is 8.72. The van der Waals surface area contributed by atoms with Crippen LogP contribution in [0.5, 0.6) is 0 Å². The normalized spacial score (nSPS) is 19.3. The Hall–Kier alpha value is -2.38. The van der Waals surface area contributed by atoms with Crippen LogP contribution in [0.4, 0.5) is 0 Å². The smallest absolute Gasteiger partial charge is 0.335 e. The van der Waals surface area contributed by atoms with Crippen molar-refractivity contribution in [1.29, 1.82) is 0 Å². The third kappa shape index (κ3) is 4.02. The van der Waals surface area contributed by atoms with Crippen molar-refractivity contribution in [2.75, 3.05) is 0 Å². The average Bonchev–Trinajstić information content (AvgIpc) is 3.27. The Morgan fingerprint density at radius 2 is 2.00 bits per heavy atom. The quantitative estimate of drug-likeness (QED) is 0.514. The lowest BCUT2D eigenvalue weighted by Gasteiger charge is -2.29. The van der Waals surface area contributed by atoms with Crippen molar-refractivity contribution in [3.63, 3.8) is 0 Å². The number of amides is 1. The summed E-state index contributed by atoms with van der Waals surface area (Å²) in [5, 5.41) is 9.23. The first-order chi connectivity index (χ1) is 13.9. The first-order valence-electron chi connectivity index (χ1n) is 9.65. The Morgan fingerprint density at radius 1 is 1.24 bits per heavy atom. The molecule has 150 valence electrons. The van der Waals surface area contributed by atoms with Crippen LogP contribution in [0, 0.1) is 6.92 Å². The SMILES string of the molecule is Cc1ccc(C(=O)O)cc1-c1ccc(/C=C2/SC(=S)N(C3CCCCC3)C2=O)o1. The molecule has 2 heterocycles. The number of benzene rings is 1. The van der Waals surface area contributed by atoms with Gasteiger partial charge in [-0.25, -0.2) is 4.79 Å². The van der Waals surface area contributed by atoms with Crippen molar-refractivity contribution < 1.29 is 19.1 Å². The molecule has 1 saturated heterocycles. The van der Waals surface area contributed by atoms with Crippen molar-refractivity contribution >= 4 is 46.3 Å². The first kappa shape index (κ1) is 19.9. The number of thiocarbonyl (C=S) groups is 1. The molecule has 1 N–H and O–H groups in total. The van der Waals surface area contributed by atoms with E-state index in [2.05, 4.69) is 0 Å². The molecule has 0 spiro atoms. The highest BCUT2D eigenvalue weighted by molar-refractivity contribution is 8.26. The summed E-state index contributed by atoms with van der Waals surface area (Å²) < 4.78 is 6.53. The summed E-state index contributed by atoms with van der Waals surface area (Å²) in [5.41, 5.74) is 1.84. The van der Waals surface area contributed by atoms with Gasteiger partial charge in [0, 0.05) is 17.7 Å². The molecule has 0 unspecified atom stereocenters. The van der Waals surface area contributed by atoms with Gasteiger partial charge in [0.1, 0.15) is 15.8 Å². The van der Waals surface area contributed by atoms with E-state index >= 15 is 0 Å². The molecule has 5 nitrogen and oxygen atoms in total. The molecule has 1 aromatic heterocycles. The molecule has 29 heavy (non-hydrogen) atoms. The third-order valence-electron chi connectivity index (χ3n) is 5.41. The topological polar surface area (TPSA) is 70.8 Å². The Morgan fingerprint density at radius 3 is 2.72 bits per heavy atom. The lowest BCUT2D eigenvalue weighted by Crippen LogP contribution is -2.39. The molecule has 0 bridgehead atoms. The summed E-state index contributed by atoms with van der Waals surface area (Å²) >= 11 is 6.79. The van der Waals surface area contributed by atoms with Crippen molar-refractivity contribution in [1.82, 2.24) is 4.90 Å². The standard InChI is InChI=1S/C22H21NO4S2/c1-13-7-8-14(21(25)26)11-17(13)18-10-9-16(27-18)12-19-20(24)23(22(28)29-19)15-5-3-2-4-6-15/h7-12,15H,2-6H2,1H3,(H,25,26)/b19-12+. The molecule has 2 aromatic rings. The zero-order valence-electron chi connectivity index (χ0n) is 16.0. The summed E-state index contributed by atoms with van der Waals surface area (Å²) in [6.07, 6.45) is 7.22. The third-order valence-corrected chi connectivity index (χ3v) is 6.74. The number of carbonyl (C=O) groups is 2. The number of carboxylic acid groups (broad SMARTS) is 1. The number of thioether (sulfide) groups is 1. The molecule has 0 radical (unpaired) electrons. The van der Waals surface area contributed by atoms with E-state index in [9.17, 15) is 14.7 Å². The van der Waals surface area contributed by atoms with Crippen LogP contribution >= 0.6 is 24.0 Å². The van der Waals surface area contributed by atoms with Crippen LogP contribution in [-0.2, 0) is 4.79 Å². The molecule has 1 aliphatic heterocycles. The maximum absolute atomic E-state index is 12.9. The van der Waals surface area contributed by atoms with Gasteiger partial charge in [0.2, 0.25) is 0 Å². The monoisotopic (exact) mass is 427 g/mol. The molecular weight excluding hydrogens is 406 g/mol. The van der Waals surface area contributed by atoms with Crippen LogP contribution in [0.3, 0.4) is 0 Å². The number of nitrogens with zero attached hydrogens (tertiary/aromatic N) is 1. The van der Waals surface area contributed by atoms with Gasteiger partial charge >= 0.3 is 5.97 Å². The molecule has 0 atom stereocenters. The van der Waals surface area contributed by atoms with Gasteiger partial charge in [-0.1, -0.05) is 49.3 Å². The van der Waals surface area contributed by atoms with Crippen LogP contribution in [-0.4, -0.2) is 32.2 Å². The summed E-state index contributed by atoms with van der Waals surface area (Å²) in [6.45, 7) is 1.90. The molecule has 1 aliphatic carbocycles. The number of furan rings is 1. The van der Waals surface area contributed by atoms with Crippen molar-refractivity contribution in [3.8, 4) is 11.3 Å². The van der Waals surface area contributed by atoms with Gasteiger partial charge in [-0.2, -0.15) is 0 Å². The Bertz CT molecular complexity index is 1020. The Labute approximate surface area is 178 Å². The van der Waals surface area contributed by atoms with E-state index in [1.807, 2.05) is 6.92 Å². The Balaban J connectivity index is 1.58. The maximum atomic E-state index is 12.9. The molecule has 4 rings (SSSR count). The van der Waals surface area contributed by atoms with Crippen molar-refractivity contribution in [2.24, 2.45) is 0 Å². The molecule has 1 saturated carbocycles. The number of aryl methyl sites for hydroxylation is 1. The highest BCUT2D eigenvalue weighted by Gasteiger charge is 2.37. The molecule has 1 aromatic carbocycles. The summed E-state index contributed by atoms with van der Waals surface area (Å²) in [7, 11) is 0. The molecule has 2 aliphatic rings. The highest BCUT2D eigenvalue weighted by Crippen LogP contribution is 2.38. The number of hydrogen-bond donors (Lipinski definition) is 1. The number of hydrogen-bond acceptors (Lipinski definition) is 5. The van der Waals surface area contributed by atoms with E-state index in [1.54, 1.807) is 41.3 Å². The van der Waals surface area contributed by atoms with Gasteiger partial charge in [0.05, 0.1) is 10.5 Å². The van der Waals surface area contributed by atoms with Crippen LogP contribution in [0.2, 0.25) is 0 Å². The van der Waals surface area contributed by atoms with Crippen molar-refractivity contribution in [2.45, 2.75) is 45.1 Å². The highest BCUT2D eigenvalue weighted by atomic mass is 32.2. The minimum Gasteiger partial charge on any atom is -0.478 e. The Kier molecular flexibility index (Phi) is 5.61. The van der Waals surface area contributed by atoms with Crippen molar-refractivity contribution in [3.05, 3.63) is 52.1 Å². The second-order valence-corrected chi connectivity index (χ2v) is 9.06. The molecule has 7 heteroatoms. The van der Waals surface area contributed by atoms with E-state index in [0.717, 1.165) is 36.8 Å². The fraction of sp³-hybridized carbons (Fsp3) is 0.318. The zero-order valence-corrected chi connectivity index (χ0v) is 17.6. The van der Waals surface area contributed by atoms with Crippen LogP contribution in [0.15, 0.2) is 39.7 Å². The van der Waals surface area contributed by atoms with Gasteiger partial charge in [0.15, 0.2) is 0 Å². The van der Waals surface area contributed by atoms with Crippen LogP contribution in [0.25, 0.3) is 17.4 Å². The number of carbonyl (C=O) groups excluding carboxylic acids is 1. The van der Waals surface area contributed by atoms with Gasteiger partial charge in [-0.05, 0) is 49.6 Å². The maximum Gasteiger partial charge on any atom is 0.335 e. The largest absolute Gasteiger partial charge is 0.478 e.